The molecule has 0 rings (SSSR count). The molecule has 0 spiro atoms. The van der Waals surface area contributed by atoms with Crippen LogP contribution in [0.5, 0.6) is 0 Å². The van der Waals surface area contributed by atoms with Gasteiger partial charge in [-0.25, -0.2) is 0 Å². The summed E-state index contributed by atoms with van der Waals surface area (Å²) >= 11 is 0. The van der Waals surface area contributed by atoms with Crippen LogP contribution in [-0.4, -0.2) is 70.0 Å². The number of nitrogens with zero attached hydrogens (tertiary/aromatic N) is 1. The summed E-state index contributed by atoms with van der Waals surface area (Å²) in [7, 11) is 1.15. The molecule has 0 heterocycles. The van der Waals surface area contributed by atoms with Crippen LogP contribution in [0.3, 0.4) is 0 Å². The third kappa shape index (κ3) is 60.4. The molecule has 0 aliphatic heterocycles. The minimum atomic E-state index is -4.64. The second-order valence-electron chi connectivity index (χ2n) is 22.0. The SMILES string of the molecule is CC/C=C\C/C=C\C/C=C\C/C=C\CCCCCCCCCCCCCCCCCCCCCCCCCCCCC(=O)OC(COC(=O)CCCCC/C=C\C/C=C\C/C=C\CC)COP(=O)([O-])OCC[N+](C)(C)C. The van der Waals surface area contributed by atoms with Crippen molar-refractivity contribution in [2.75, 3.05) is 47.5 Å². The molecule has 0 amide bonds. The Kier molecular flexibility index (Phi) is 54.8. The lowest BCUT2D eigenvalue weighted by Crippen LogP contribution is -2.37. The van der Waals surface area contributed by atoms with Crippen LogP contribution in [0.2, 0.25) is 0 Å². The number of hydrogen-bond acceptors (Lipinski definition) is 8. The highest BCUT2D eigenvalue weighted by atomic mass is 31.2. The van der Waals surface area contributed by atoms with Crippen LogP contribution in [0, 0.1) is 0 Å². The molecule has 0 aromatic rings. The van der Waals surface area contributed by atoms with Crippen LogP contribution >= 0.6 is 7.82 Å². The Labute approximate surface area is 469 Å². The van der Waals surface area contributed by atoms with Gasteiger partial charge in [-0.05, 0) is 83.5 Å². The Morgan fingerprint density at radius 3 is 1.07 bits per heavy atom. The third-order valence-corrected chi connectivity index (χ3v) is 14.4. The van der Waals surface area contributed by atoms with Crippen molar-refractivity contribution in [3.63, 3.8) is 0 Å². The van der Waals surface area contributed by atoms with E-state index in [4.69, 9.17) is 18.5 Å². The maximum atomic E-state index is 12.8. The van der Waals surface area contributed by atoms with E-state index in [1.54, 1.807) is 0 Å². The molecule has 0 aromatic heterocycles. The summed E-state index contributed by atoms with van der Waals surface area (Å²) in [6, 6.07) is 0. The number of quaternary nitrogens is 1. The number of unbranched alkanes of at least 4 members (excludes halogenated alkanes) is 29. The summed E-state index contributed by atoms with van der Waals surface area (Å²) in [5.74, 6) is -0.862. The first-order valence-electron chi connectivity index (χ1n) is 31.3. The molecule has 0 bridgehead atoms. The highest BCUT2D eigenvalue weighted by molar-refractivity contribution is 7.45. The van der Waals surface area contributed by atoms with E-state index >= 15 is 0 Å². The number of esters is 2. The molecule has 0 N–H and O–H groups in total. The van der Waals surface area contributed by atoms with Crippen molar-refractivity contribution < 1.29 is 42.1 Å². The van der Waals surface area contributed by atoms with Crippen LogP contribution in [-0.2, 0) is 32.7 Å². The molecular formula is C66H118NO8P. The Bertz CT molecular complexity index is 1560. The molecule has 2 unspecified atom stereocenters. The number of carbonyl (C=O) groups excluding carboxylic acids is 2. The summed E-state index contributed by atoms with van der Waals surface area (Å²) in [6.45, 7) is 3.99. The molecular weight excluding hydrogens is 966 g/mol. The molecule has 2 atom stereocenters. The molecule has 0 aliphatic carbocycles. The second-order valence-corrected chi connectivity index (χ2v) is 23.4. The number of likely N-dealkylation sites (N-methyl/N-ethyl adjacent to an activating group) is 1. The summed E-state index contributed by atoms with van der Waals surface area (Å²) in [4.78, 5) is 37.8. The fourth-order valence-electron chi connectivity index (χ4n) is 8.66. The van der Waals surface area contributed by atoms with Gasteiger partial charge in [0.25, 0.3) is 7.82 Å². The largest absolute Gasteiger partial charge is 0.756 e. The van der Waals surface area contributed by atoms with Gasteiger partial charge in [0.1, 0.15) is 19.8 Å². The van der Waals surface area contributed by atoms with E-state index in [1.807, 2.05) is 21.1 Å². The summed E-state index contributed by atoms with van der Waals surface area (Å²) in [6.07, 6.45) is 76.8. The first-order valence-corrected chi connectivity index (χ1v) is 32.8. The van der Waals surface area contributed by atoms with Gasteiger partial charge in [0.15, 0.2) is 6.10 Å². The van der Waals surface area contributed by atoms with Gasteiger partial charge in [0, 0.05) is 12.8 Å². The van der Waals surface area contributed by atoms with Crippen molar-refractivity contribution in [2.45, 2.75) is 277 Å². The van der Waals surface area contributed by atoms with Crippen LogP contribution in [0.25, 0.3) is 0 Å². The van der Waals surface area contributed by atoms with Gasteiger partial charge in [-0.2, -0.15) is 0 Å². The van der Waals surface area contributed by atoms with E-state index in [0.717, 1.165) is 83.5 Å². The van der Waals surface area contributed by atoms with Crippen molar-refractivity contribution >= 4 is 19.8 Å². The Hall–Kier alpha value is -2.81. The maximum Gasteiger partial charge on any atom is 0.306 e. The van der Waals surface area contributed by atoms with E-state index in [0.29, 0.717) is 23.9 Å². The Morgan fingerprint density at radius 2 is 0.711 bits per heavy atom. The lowest BCUT2D eigenvalue weighted by molar-refractivity contribution is -0.870. The topological polar surface area (TPSA) is 111 Å². The quantitative estimate of drug-likeness (QED) is 0.0195. The predicted molar refractivity (Wildman–Crippen MR) is 323 cm³/mol. The second kappa shape index (κ2) is 56.9. The fourth-order valence-corrected chi connectivity index (χ4v) is 9.39. The van der Waals surface area contributed by atoms with Crippen LogP contribution in [0.15, 0.2) is 85.1 Å². The first kappa shape index (κ1) is 73.2. The minimum Gasteiger partial charge on any atom is -0.756 e. The van der Waals surface area contributed by atoms with Crippen LogP contribution in [0.1, 0.15) is 271 Å². The molecule has 76 heavy (non-hydrogen) atoms. The molecule has 0 saturated heterocycles. The van der Waals surface area contributed by atoms with Crippen molar-refractivity contribution in [2.24, 2.45) is 0 Å². The van der Waals surface area contributed by atoms with E-state index in [9.17, 15) is 19.0 Å². The van der Waals surface area contributed by atoms with Crippen molar-refractivity contribution in [3.8, 4) is 0 Å². The zero-order valence-corrected chi connectivity index (χ0v) is 50.8. The number of carbonyl (C=O) groups is 2. The standard InChI is InChI=1S/C66H118NO8P/c1-6-8-10-12-14-16-18-20-21-22-23-24-25-26-27-28-29-30-31-32-33-34-35-36-37-38-39-40-41-42-43-44-45-47-49-51-53-55-57-59-66(69)75-64(63-74-76(70,71)73-61-60-67(3,4)5)62-72-65(68)58-56-54-52-50-48-46-19-17-15-13-11-9-7-2/h8-11,14-17,20-21,23-24,46,48,64H,6-7,12-13,18-19,22,25-45,47,49-63H2,1-5H3/b10-8-,11-9-,16-14-,17-15-,21-20-,24-23-,48-46-. The zero-order chi connectivity index (χ0) is 55.6. The molecule has 0 aliphatic rings. The summed E-state index contributed by atoms with van der Waals surface area (Å²) < 4.78 is 34.1. The zero-order valence-electron chi connectivity index (χ0n) is 49.9. The average molecular weight is 1080 g/mol. The number of ether oxygens (including phenoxy) is 2. The van der Waals surface area contributed by atoms with Crippen molar-refractivity contribution in [3.05, 3.63) is 85.1 Å². The smallest absolute Gasteiger partial charge is 0.306 e. The molecule has 9 nitrogen and oxygen atoms in total. The maximum absolute atomic E-state index is 12.8. The molecule has 0 radical (unpaired) electrons. The van der Waals surface area contributed by atoms with E-state index in [1.165, 1.54) is 148 Å². The fraction of sp³-hybridized carbons (Fsp3) is 0.758. The number of rotatable bonds is 57. The summed E-state index contributed by atoms with van der Waals surface area (Å²) in [5.41, 5.74) is 0. The van der Waals surface area contributed by atoms with Gasteiger partial charge < -0.3 is 27.9 Å². The van der Waals surface area contributed by atoms with Gasteiger partial charge >= 0.3 is 11.9 Å². The highest BCUT2D eigenvalue weighted by Gasteiger charge is 2.22. The number of phosphoric acid groups is 1. The van der Waals surface area contributed by atoms with Crippen molar-refractivity contribution in [1.82, 2.24) is 0 Å². The Morgan fingerprint density at radius 1 is 0.408 bits per heavy atom. The van der Waals surface area contributed by atoms with Crippen LogP contribution in [0.4, 0.5) is 0 Å². The van der Waals surface area contributed by atoms with E-state index in [2.05, 4.69) is 98.9 Å². The first-order chi connectivity index (χ1) is 37.0. The number of allylic oxidation sites excluding steroid dienone is 14. The average Bonchev–Trinajstić information content (AvgIpc) is 3.38. The Balaban J connectivity index is 3.90. The van der Waals surface area contributed by atoms with Gasteiger partial charge in [0.05, 0.1) is 27.7 Å². The number of hydrogen-bond donors (Lipinski definition) is 0. The third-order valence-electron chi connectivity index (χ3n) is 13.4. The molecule has 0 aromatic carbocycles. The number of phosphoric ester groups is 1. The van der Waals surface area contributed by atoms with Gasteiger partial charge in [-0.3, -0.25) is 14.2 Å². The normalized spacial score (nSPS) is 13.8. The molecule has 0 saturated carbocycles. The monoisotopic (exact) mass is 1080 g/mol. The van der Waals surface area contributed by atoms with Crippen LogP contribution < -0.4 is 4.89 Å². The lowest BCUT2D eigenvalue weighted by atomic mass is 10.0. The van der Waals surface area contributed by atoms with Gasteiger partial charge in [0.2, 0.25) is 0 Å². The van der Waals surface area contributed by atoms with E-state index in [-0.39, 0.29) is 26.1 Å². The summed E-state index contributed by atoms with van der Waals surface area (Å²) in [5, 5.41) is 0. The molecule has 0 fully saturated rings. The van der Waals surface area contributed by atoms with Gasteiger partial charge in [-0.1, -0.05) is 259 Å². The van der Waals surface area contributed by atoms with Crippen molar-refractivity contribution in [1.29, 1.82) is 0 Å². The molecule has 440 valence electrons. The van der Waals surface area contributed by atoms with E-state index < -0.39 is 32.5 Å². The predicted octanol–water partition coefficient (Wildman–Crippen LogP) is 19.2. The highest BCUT2D eigenvalue weighted by Crippen LogP contribution is 2.38. The van der Waals surface area contributed by atoms with Gasteiger partial charge in [-0.15, -0.1) is 0 Å². The lowest BCUT2D eigenvalue weighted by Gasteiger charge is -2.28. The molecule has 10 heteroatoms. The minimum absolute atomic E-state index is 0.0367.